The lowest BCUT2D eigenvalue weighted by Crippen LogP contribution is -2.14. The van der Waals surface area contributed by atoms with Crippen LogP contribution in [0, 0.1) is 18.3 Å². The molecule has 1 aromatic carbocycles. The van der Waals surface area contributed by atoms with Gasteiger partial charge in [-0.2, -0.15) is 5.26 Å². The molecule has 1 aromatic heterocycles. The van der Waals surface area contributed by atoms with Gasteiger partial charge in [0.25, 0.3) is 10.0 Å². The molecule has 0 radical (unpaired) electrons. The fourth-order valence-corrected chi connectivity index (χ4v) is 3.16. The highest BCUT2D eigenvalue weighted by Gasteiger charge is 2.19. The summed E-state index contributed by atoms with van der Waals surface area (Å²) in [5.74, 6) is 0. The normalized spacial score (nSPS) is 11.0. The molecule has 1 heterocycles. The summed E-state index contributed by atoms with van der Waals surface area (Å²) < 4.78 is 26.9. The average Bonchev–Trinajstić information content (AvgIpc) is 2.48. The van der Waals surface area contributed by atoms with Gasteiger partial charge in [0.1, 0.15) is 16.7 Å². The highest BCUT2D eigenvalue weighted by Crippen LogP contribution is 2.34. The van der Waals surface area contributed by atoms with E-state index in [-0.39, 0.29) is 26.3 Å². The van der Waals surface area contributed by atoms with E-state index >= 15 is 0 Å². The molecule has 0 saturated heterocycles. The Labute approximate surface area is 132 Å². The van der Waals surface area contributed by atoms with Gasteiger partial charge in [-0.25, -0.2) is 13.4 Å². The van der Waals surface area contributed by atoms with Gasteiger partial charge < -0.3 is 0 Å². The molecule has 5 nitrogen and oxygen atoms in total. The lowest BCUT2D eigenvalue weighted by Gasteiger charge is -2.12. The third-order valence-corrected chi connectivity index (χ3v) is 4.82. The van der Waals surface area contributed by atoms with E-state index in [1.807, 2.05) is 6.07 Å². The van der Waals surface area contributed by atoms with Crippen molar-refractivity contribution in [2.45, 2.75) is 11.8 Å². The van der Waals surface area contributed by atoms with Crippen molar-refractivity contribution in [1.82, 2.24) is 4.98 Å². The molecule has 0 amide bonds. The van der Waals surface area contributed by atoms with Crippen LogP contribution in [0.1, 0.15) is 11.3 Å². The van der Waals surface area contributed by atoms with E-state index in [2.05, 4.69) is 9.71 Å². The quantitative estimate of drug-likeness (QED) is 0.927. The van der Waals surface area contributed by atoms with E-state index in [4.69, 9.17) is 28.5 Å². The molecule has 108 valence electrons. The van der Waals surface area contributed by atoms with Crippen molar-refractivity contribution in [3.05, 3.63) is 51.8 Å². The van der Waals surface area contributed by atoms with Gasteiger partial charge in [-0.15, -0.1) is 0 Å². The number of halogens is 2. The number of rotatable bonds is 3. The Balaban J connectivity index is 2.42. The molecule has 1 N–H and O–H groups in total. The second kappa shape index (κ2) is 5.90. The molecule has 0 unspecified atom stereocenters. The predicted octanol–water partition coefficient (Wildman–Crippen LogP) is 3.37. The maximum atomic E-state index is 12.3. The van der Waals surface area contributed by atoms with E-state index in [0.29, 0.717) is 5.56 Å². The minimum absolute atomic E-state index is 0.0878. The zero-order chi connectivity index (χ0) is 15.6. The van der Waals surface area contributed by atoms with Crippen LogP contribution in [0.3, 0.4) is 0 Å². The standard InChI is InChI=1S/C13H9Cl2N3O2S/c1-8-2-5-11(14)13(12(8)15)18-21(19,20)10-4-3-9(6-16)17-7-10/h2-5,7,18H,1H3. The van der Waals surface area contributed by atoms with Crippen LogP contribution in [-0.4, -0.2) is 13.4 Å². The van der Waals surface area contributed by atoms with Crippen LogP contribution >= 0.6 is 23.2 Å². The Morgan fingerprint density at radius 1 is 1.24 bits per heavy atom. The summed E-state index contributed by atoms with van der Waals surface area (Å²) in [5.41, 5.74) is 0.931. The molecule has 0 aliphatic heterocycles. The van der Waals surface area contributed by atoms with E-state index in [1.54, 1.807) is 19.1 Å². The first-order chi connectivity index (χ1) is 9.85. The van der Waals surface area contributed by atoms with Crippen LogP contribution in [0.2, 0.25) is 10.0 Å². The van der Waals surface area contributed by atoms with Gasteiger partial charge in [-0.3, -0.25) is 4.72 Å². The van der Waals surface area contributed by atoms with Crippen molar-refractivity contribution < 1.29 is 8.42 Å². The third kappa shape index (κ3) is 3.27. The number of anilines is 1. The Hall–Kier alpha value is -1.81. The summed E-state index contributed by atoms with van der Waals surface area (Å²) in [6.07, 6.45) is 1.10. The van der Waals surface area contributed by atoms with Crippen LogP contribution in [0.25, 0.3) is 0 Å². The van der Waals surface area contributed by atoms with Crippen molar-refractivity contribution in [2.24, 2.45) is 0 Å². The molecule has 2 aromatic rings. The van der Waals surface area contributed by atoms with E-state index < -0.39 is 10.0 Å². The van der Waals surface area contributed by atoms with Gasteiger partial charge in [0.2, 0.25) is 0 Å². The minimum atomic E-state index is -3.89. The third-order valence-electron chi connectivity index (χ3n) is 2.68. The highest BCUT2D eigenvalue weighted by atomic mass is 35.5. The first kappa shape index (κ1) is 15.6. The highest BCUT2D eigenvalue weighted by molar-refractivity contribution is 7.92. The van der Waals surface area contributed by atoms with Gasteiger partial charge in [-0.1, -0.05) is 29.3 Å². The number of nitrogens with one attached hydrogen (secondary N) is 1. The zero-order valence-corrected chi connectivity index (χ0v) is 13.1. The van der Waals surface area contributed by atoms with Crippen LogP contribution in [0.5, 0.6) is 0 Å². The van der Waals surface area contributed by atoms with Crippen molar-refractivity contribution in [3.63, 3.8) is 0 Å². The fraction of sp³-hybridized carbons (Fsp3) is 0.0769. The summed E-state index contributed by atoms with van der Waals surface area (Å²) in [6, 6.07) is 7.65. The topological polar surface area (TPSA) is 82.9 Å². The number of pyridine rings is 1. The number of hydrogen-bond acceptors (Lipinski definition) is 4. The molecule has 8 heteroatoms. The number of aryl methyl sites for hydroxylation is 1. The van der Waals surface area contributed by atoms with Gasteiger partial charge in [-0.05, 0) is 30.7 Å². The average molecular weight is 342 g/mol. The number of sulfonamides is 1. The summed E-state index contributed by atoms with van der Waals surface area (Å²) >= 11 is 12.0. The SMILES string of the molecule is Cc1ccc(Cl)c(NS(=O)(=O)c2ccc(C#N)nc2)c1Cl. The maximum absolute atomic E-state index is 12.3. The van der Waals surface area contributed by atoms with E-state index in [0.717, 1.165) is 6.20 Å². The van der Waals surface area contributed by atoms with Gasteiger partial charge in [0.05, 0.1) is 15.7 Å². The maximum Gasteiger partial charge on any atom is 0.263 e. The van der Waals surface area contributed by atoms with Gasteiger partial charge in [0, 0.05) is 6.20 Å². The lowest BCUT2D eigenvalue weighted by molar-refractivity contribution is 0.601. The molecule has 0 aliphatic rings. The molecule has 0 saturated carbocycles. The fourth-order valence-electron chi connectivity index (χ4n) is 1.55. The monoisotopic (exact) mass is 341 g/mol. The second-order valence-corrected chi connectivity index (χ2v) is 6.62. The van der Waals surface area contributed by atoms with Crippen molar-refractivity contribution in [3.8, 4) is 6.07 Å². The lowest BCUT2D eigenvalue weighted by atomic mass is 10.2. The van der Waals surface area contributed by atoms with Crippen LogP contribution in [-0.2, 0) is 10.0 Å². The van der Waals surface area contributed by atoms with Gasteiger partial charge >= 0.3 is 0 Å². The molecule has 0 fully saturated rings. The molecular formula is C13H9Cl2N3O2S. The van der Waals surface area contributed by atoms with Crippen LogP contribution < -0.4 is 4.72 Å². The molecular weight excluding hydrogens is 333 g/mol. The summed E-state index contributed by atoms with van der Waals surface area (Å²) in [4.78, 5) is 3.63. The first-order valence-electron chi connectivity index (χ1n) is 5.69. The summed E-state index contributed by atoms with van der Waals surface area (Å²) in [6.45, 7) is 1.74. The van der Waals surface area contributed by atoms with Crippen molar-refractivity contribution >= 4 is 38.9 Å². The predicted molar refractivity (Wildman–Crippen MR) is 81.0 cm³/mol. The number of benzene rings is 1. The van der Waals surface area contributed by atoms with E-state index in [9.17, 15) is 8.42 Å². The Morgan fingerprint density at radius 3 is 2.52 bits per heavy atom. The molecule has 0 spiro atoms. The number of aromatic nitrogens is 1. The summed E-state index contributed by atoms with van der Waals surface area (Å²) in [7, 11) is -3.89. The van der Waals surface area contributed by atoms with Crippen molar-refractivity contribution in [1.29, 1.82) is 5.26 Å². The number of hydrogen-bond donors (Lipinski definition) is 1. The molecule has 21 heavy (non-hydrogen) atoms. The Kier molecular flexibility index (Phi) is 4.37. The van der Waals surface area contributed by atoms with E-state index in [1.165, 1.54) is 12.1 Å². The summed E-state index contributed by atoms with van der Waals surface area (Å²) in [5, 5.41) is 9.08. The molecule has 0 bridgehead atoms. The number of nitrogens with zero attached hydrogens (tertiary/aromatic N) is 2. The van der Waals surface area contributed by atoms with Crippen LogP contribution in [0.4, 0.5) is 5.69 Å². The molecule has 0 atom stereocenters. The first-order valence-corrected chi connectivity index (χ1v) is 7.92. The number of nitriles is 1. The second-order valence-electron chi connectivity index (χ2n) is 4.15. The minimum Gasteiger partial charge on any atom is -0.277 e. The molecule has 0 aliphatic carbocycles. The van der Waals surface area contributed by atoms with Crippen molar-refractivity contribution in [2.75, 3.05) is 4.72 Å². The van der Waals surface area contributed by atoms with Gasteiger partial charge in [0.15, 0.2) is 0 Å². The zero-order valence-electron chi connectivity index (χ0n) is 10.8. The Morgan fingerprint density at radius 2 is 1.95 bits per heavy atom. The Bertz CT molecular complexity index is 828. The largest absolute Gasteiger partial charge is 0.277 e. The smallest absolute Gasteiger partial charge is 0.263 e. The van der Waals surface area contributed by atoms with Crippen LogP contribution in [0.15, 0.2) is 35.4 Å². The molecule has 2 rings (SSSR count).